The number of rotatable bonds is 3. The molecule has 0 amide bonds. The number of aromatic nitrogens is 2. The monoisotopic (exact) mass is 274 g/mol. The molecule has 0 fully saturated rings. The van der Waals surface area contributed by atoms with Gasteiger partial charge in [-0.2, -0.15) is 5.10 Å². The Bertz CT molecular complexity index is 758. The van der Waals surface area contributed by atoms with E-state index in [0.29, 0.717) is 21.9 Å². The molecule has 0 radical (unpaired) electrons. The number of halogens is 1. The molecule has 0 aliphatic carbocycles. The number of aryl methyl sites for hydroxylation is 1. The summed E-state index contributed by atoms with van der Waals surface area (Å²) in [6, 6.07) is 6.96. The Hall–Kier alpha value is -2.07. The smallest absolute Gasteiger partial charge is 0.231 e. The highest BCUT2D eigenvalue weighted by Crippen LogP contribution is 2.24. The summed E-state index contributed by atoms with van der Waals surface area (Å²) in [6.07, 6.45) is 3.26. The zero-order valence-electron chi connectivity index (χ0n) is 10.3. The highest BCUT2D eigenvalue weighted by atomic mass is 35.5. The van der Waals surface area contributed by atoms with Gasteiger partial charge in [0.05, 0.1) is 11.8 Å². The van der Waals surface area contributed by atoms with Gasteiger partial charge in [0.2, 0.25) is 5.78 Å². The van der Waals surface area contributed by atoms with Crippen molar-refractivity contribution < 1.29 is 9.21 Å². The Morgan fingerprint density at radius 2 is 2.26 bits per heavy atom. The first-order valence-electron chi connectivity index (χ1n) is 5.93. The fourth-order valence-corrected chi connectivity index (χ4v) is 2.10. The second kappa shape index (κ2) is 4.55. The number of fused-ring (bicyclic) bond motifs is 1. The normalized spacial score (nSPS) is 11.1. The van der Waals surface area contributed by atoms with Crippen molar-refractivity contribution in [3.05, 3.63) is 53.0 Å². The highest BCUT2D eigenvalue weighted by Gasteiger charge is 2.16. The van der Waals surface area contributed by atoms with E-state index in [0.717, 1.165) is 11.9 Å². The molecule has 0 bridgehead atoms. The first-order chi connectivity index (χ1) is 9.17. The lowest BCUT2D eigenvalue weighted by atomic mass is 10.2. The maximum atomic E-state index is 12.3. The Kier molecular flexibility index (Phi) is 2.87. The van der Waals surface area contributed by atoms with Crippen molar-refractivity contribution in [1.29, 1.82) is 0 Å². The molecule has 0 N–H and O–H groups in total. The lowest BCUT2D eigenvalue weighted by molar-refractivity contribution is 0.101. The summed E-state index contributed by atoms with van der Waals surface area (Å²) in [5.41, 5.74) is 1.17. The summed E-state index contributed by atoms with van der Waals surface area (Å²) in [5.74, 6) is 0.125. The Morgan fingerprint density at radius 1 is 1.42 bits per heavy atom. The summed E-state index contributed by atoms with van der Waals surface area (Å²) < 4.78 is 7.24. The first kappa shape index (κ1) is 12.0. The zero-order valence-corrected chi connectivity index (χ0v) is 11.0. The van der Waals surface area contributed by atoms with Crippen LogP contribution in [0.2, 0.25) is 5.02 Å². The van der Waals surface area contributed by atoms with Gasteiger partial charge in [0.1, 0.15) is 5.58 Å². The molecule has 1 aromatic carbocycles. The Morgan fingerprint density at radius 3 is 3.00 bits per heavy atom. The third-order valence-corrected chi connectivity index (χ3v) is 3.16. The Labute approximate surface area is 114 Å². The van der Waals surface area contributed by atoms with Crippen LogP contribution in [0.15, 0.2) is 41.1 Å². The highest BCUT2D eigenvalue weighted by molar-refractivity contribution is 6.31. The SMILES string of the molecule is CCn1cc(C(=O)c2cc3cc(Cl)ccc3o2)cn1. The fraction of sp³-hybridized carbons (Fsp3) is 0.143. The van der Waals surface area contributed by atoms with Crippen LogP contribution in [0.5, 0.6) is 0 Å². The van der Waals surface area contributed by atoms with Crippen molar-refractivity contribution in [3.63, 3.8) is 0 Å². The predicted octanol–water partition coefficient (Wildman–Crippen LogP) is 3.53. The summed E-state index contributed by atoms with van der Waals surface area (Å²) >= 11 is 5.91. The van der Waals surface area contributed by atoms with Gasteiger partial charge in [-0.3, -0.25) is 9.48 Å². The second-order valence-electron chi connectivity index (χ2n) is 4.21. The van der Waals surface area contributed by atoms with Crippen LogP contribution in [0.1, 0.15) is 23.0 Å². The van der Waals surface area contributed by atoms with Crippen LogP contribution in [0, 0.1) is 0 Å². The van der Waals surface area contributed by atoms with Crippen LogP contribution in [0.4, 0.5) is 0 Å². The molecular formula is C14H11ClN2O2. The number of benzene rings is 1. The molecule has 19 heavy (non-hydrogen) atoms. The summed E-state index contributed by atoms with van der Waals surface area (Å²) in [6.45, 7) is 2.69. The van der Waals surface area contributed by atoms with Crippen LogP contribution < -0.4 is 0 Å². The average molecular weight is 275 g/mol. The summed E-state index contributed by atoms with van der Waals surface area (Å²) in [7, 11) is 0. The molecule has 2 aromatic heterocycles. The van der Waals surface area contributed by atoms with Gasteiger partial charge in [0, 0.05) is 23.2 Å². The molecule has 96 valence electrons. The standard InChI is InChI=1S/C14H11ClN2O2/c1-2-17-8-10(7-16-17)14(18)13-6-9-5-11(15)3-4-12(9)19-13/h3-8H,2H2,1H3. The number of hydrogen-bond acceptors (Lipinski definition) is 3. The summed E-state index contributed by atoms with van der Waals surface area (Å²) in [4.78, 5) is 12.3. The lowest BCUT2D eigenvalue weighted by Crippen LogP contribution is -1.98. The quantitative estimate of drug-likeness (QED) is 0.687. The third-order valence-electron chi connectivity index (χ3n) is 2.92. The number of hydrogen-bond donors (Lipinski definition) is 0. The van der Waals surface area contributed by atoms with Gasteiger partial charge in [-0.05, 0) is 31.2 Å². The van der Waals surface area contributed by atoms with E-state index in [9.17, 15) is 4.79 Å². The number of ketones is 1. The largest absolute Gasteiger partial charge is 0.453 e. The van der Waals surface area contributed by atoms with Gasteiger partial charge in [0.15, 0.2) is 5.76 Å². The van der Waals surface area contributed by atoms with E-state index >= 15 is 0 Å². The van der Waals surface area contributed by atoms with Crippen molar-refractivity contribution in [2.45, 2.75) is 13.5 Å². The van der Waals surface area contributed by atoms with Crippen molar-refractivity contribution in [2.24, 2.45) is 0 Å². The molecule has 0 saturated carbocycles. The second-order valence-corrected chi connectivity index (χ2v) is 4.64. The van der Waals surface area contributed by atoms with Crippen molar-refractivity contribution >= 4 is 28.4 Å². The maximum absolute atomic E-state index is 12.3. The number of furan rings is 1. The van der Waals surface area contributed by atoms with Crippen LogP contribution in [-0.2, 0) is 6.54 Å². The number of carbonyl (C=O) groups is 1. The zero-order chi connectivity index (χ0) is 13.4. The van der Waals surface area contributed by atoms with E-state index in [4.69, 9.17) is 16.0 Å². The van der Waals surface area contributed by atoms with Gasteiger partial charge < -0.3 is 4.42 Å². The minimum absolute atomic E-state index is 0.174. The van der Waals surface area contributed by atoms with Crippen LogP contribution in [0.25, 0.3) is 11.0 Å². The van der Waals surface area contributed by atoms with E-state index in [-0.39, 0.29) is 5.78 Å². The van der Waals surface area contributed by atoms with Gasteiger partial charge in [-0.25, -0.2) is 0 Å². The molecule has 3 rings (SSSR count). The third kappa shape index (κ3) is 2.15. The molecule has 0 unspecified atom stereocenters. The minimum Gasteiger partial charge on any atom is -0.453 e. The maximum Gasteiger partial charge on any atom is 0.231 e. The van der Waals surface area contributed by atoms with Crippen molar-refractivity contribution in [3.8, 4) is 0 Å². The van der Waals surface area contributed by atoms with E-state index in [1.54, 1.807) is 41.3 Å². The molecule has 0 aliphatic rings. The molecule has 4 nitrogen and oxygen atoms in total. The average Bonchev–Trinajstić information content (AvgIpc) is 3.03. The van der Waals surface area contributed by atoms with Crippen molar-refractivity contribution in [2.75, 3.05) is 0 Å². The van der Waals surface area contributed by atoms with Crippen molar-refractivity contribution in [1.82, 2.24) is 9.78 Å². The minimum atomic E-state index is -0.174. The van der Waals surface area contributed by atoms with E-state index < -0.39 is 0 Å². The lowest BCUT2D eigenvalue weighted by Gasteiger charge is -1.92. The van der Waals surface area contributed by atoms with E-state index in [2.05, 4.69) is 5.10 Å². The number of nitrogens with zero attached hydrogens (tertiary/aromatic N) is 2. The topological polar surface area (TPSA) is 48.0 Å². The van der Waals surface area contributed by atoms with Gasteiger partial charge in [0.25, 0.3) is 0 Å². The molecule has 0 spiro atoms. The van der Waals surface area contributed by atoms with Gasteiger partial charge >= 0.3 is 0 Å². The molecule has 5 heteroatoms. The van der Waals surface area contributed by atoms with E-state index in [1.165, 1.54) is 0 Å². The molecule has 0 aliphatic heterocycles. The molecule has 3 aromatic rings. The fourth-order valence-electron chi connectivity index (χ4n) is 1.92. The predicted molar refractivity (Wildman–Crippen MR) is 72.6 cm³/mol. The van der Waals surface area contributed by atoms with E-state index in [1.807, 2.05) is 6.92 Å². The molecule has 2 heterocycles. The summed E-state index contributed by atoms with van der Waals surface area (Å²) in [5, 5.41) is 5.52. The van der Waals surface area contributed by atoms with Crippen LogP contribution in [-0.4, -0.2) is 15.6 Å². The van der Waals surface area contributed by atoms with Gasteiger partial charge in [-0.15, -0.1) is 0 Å². The molecule has 0 saturated heterocycles. The van der Waals surface area contributed by atoms with Crippen LogP contribution in [0.3, 0.4) is 0 Å². The van der Waals surface area contributed by atoms with Crippen LogP contribution >= 0.6 is 11.6 Å². The number of carbonyl (C=O) groups excluding carboxylic acids is 1. The van der Waals surface area contributed by atoms with Gasteiger partial charge in [-0.1, -0.05) is 11.6 Å². The molecule has 0 atom stereocenters. The molecular weight excluding hydrogens is 264 g/mol. The first-order valence-corrected chi connectivity index (χ1v) is 6.31. The Balaban J connectivity index is 2.01.